The van der Waals surface area contributed by atoms with Gasteiger partial charge in [-0.15, -0.1) is 24.8 Å². The number of piperazine rings is 1. The number of hydrogen-bond acceptors (Lipinski definition) is 2. The van der Waals surface area contributed by atoms with Crippen LogP contribution in [-0.4, -0.2) is 42.5 Å². The van der Waals surface area contributed by atoms with Crippen LogP contribution in [-0.2, 0) is 0 Å². The normalized spacial score (nSPS) is 22.9. The fourth-order valence-electron chi connectivity index (χ4n) is 4.34. The molecule has 1 saturated heterocycles. The third-order valence-electron chi connectivity index (χ3n) is 5.46. The van der Waals surface area contributed by atoms with Gasteiger partial charge in [-0.25, -0.2) is 0 Å². The van der Waals surface area contributed by atoms with Gasteiger partial charge in [0.1, 0.15) is 0 Å². The second-order valence-corrected chi connectivity index (χ2v) is 6.90. The van der Waals surface area contributed by atoms with Crippen molar-refractivity contribution in [2.24, 2.45) is 0 Å². The highest BCUT2D eigenvalue weighted by Crippen LogP contribution is 2.40. The zero-order valence-electron chi connectivity index (χ0n) is 14.8. The fraction of sp³-hybridized carbons (Fsp3) is 0.429. The molecule has 2 heterocycles. The highest BCUT2D eigenvalue weighted by atomic mass is 35.5. The summed E-state index contributed by atoms with van der Waals surface area (Å²) in [5.74, 6) is 0.515. The van der Waals surface area contributed by atoms with E-state index < -0.39 is 0 Å². The first kappa shape index (κ1) is 20.3. The van der Waals surface area contributed by atoms with E-state index in [1.807, 2.05) is 0 Å². The van der Waals surface area contributed by atoms with Crippen LogP contribution in [0.2, 0.25) is 0 Å². The molecule has 0 aliphatic carbocycles. The molecule has 2 nitrogen and oxygen atoms in total. The largest absolute Gasteiger partial charge is 0.300 e. The molecule has 2 aromatic carbocycles. The molecule has 136 valence electrons. The van der Waals surface area contributed by atoms with Gasteiger partial charge < -0.3 is 4.90 Å². The molecule has 0 unspecified atom stereocenters. The molecule has 0 saturated carbocycles. The van der Waals surface area contributed by atoms with Crippen LogP contribution in [0.15, 0.2) is 54.6 Å². The SMILES string of the molecule is CCCN1CCN2C[C@@H](c3ccccc3)c3ccccc3[C@H]2C1.Cl.Cl. The summed E-state index contributed by atoms with van der Waals surface area (Å²) in [6, 6.07) is 20.7. The third kappa shape index (κ3) is 4.03. The van der Waals surface area contributed by atoms with Crippen LogP contribution in [0.4, 0.5) is 0 Å². The van der Waals surface area contributed by atoms with Gasteiger partial charge in [0.05, 0.1) is 0 Å². The van der Waals surface area contributed by atoms with Gasteiger partial charge in [0.25, 0.3) is 0 Å². The second-order valence-electron chi connectivity index (χ2n) is 6.90. The van der Waals surface area contributed by atoms with Crippen LogP contribution in [0.25, 0.3) is 0 Å². The standard InChI is InChI=1S/C21H26N2.2ClH/c1-2-12-22-13-14-23-15-20(17-8-4-3-5-9-17)18-10-6-7-11-19(18)21(23)16-22;;/h3-11,20-21H,2,12-16H2,1H3;2*1H/t20-,21+;;/m0../s1. The molecule has 1 fully saturated rings. The topological polar surface area (TPSA) is 6.48 Å². The minimum Gasteiger partial charge on any atom is -0.300 e. The molecular weight excluding hydrogens is 351 g/mol. The first-order valence-electron chi connectivity index (χ1n) is 8.97. The maximum absolute atomic E-state index is 2.71. The maximum atomic E-state index is 2.71. The molecule has 4 heteroatoms. The molecule has 0 N–H and O–H groups in total. The van der Waals surface area contributed by atoms with Gasteiger partial charge >= 0.3 is 0 Å². The second kappa shape index (κ2) is 9.05. The number of rotatable bonds is 3. The van der Waals surface area contributed by atoms with Crippen molar-refractivity contribution in [3.05, 3.63) is 71.3 Å². The Morgan fingerprint density at radius 1 is 0.840 bits per heavy atom. The van der Waals surface area contributed by atoms with E-state index in [0.29, 0.717) is 12.0 Å². The van der Waals surface area contributed by atoms with E-state index in [9.17, 15) is 0 Å². The average Bonchev–Trinajstić information content (AvgIpc) is 2.62. The first-order valence-corrected chi connectivity index (χ1v) is 8.97. The van der Waals surface area contributed by atoms with Crippen molar-refractivity contribution in [3.8, 4) is 0 Å². The highest BCUT2D eigenvalue weighted by Gasteiger charge is 2.36. The Morgan fingerprint density at radius 2 is 1.52 bits per heavy atom. The van der Waals surface area contributed by atoms with Crippen molar-refractivity contribution < 1.29 is 0 Å². The molecule has 0 spiro atoms. The Kier molecular flexibility index (Phi) is 7.33. The molecule has 4 rings (SSSR count). The van der Waals surface area contributed by atoms with Crippen LogP contribution in [0.5, 0.6) is 0 Å². The maximum Gasteiger partial charge on any atom is 0.0479 e. The van der Waals surface area contributed by atoms with E-state index in [0.717, 1.165) is 6.54 Å². The third-order valence-corrected chi connectivity index (χ3v) is 5.46. The Balaban J connectivity index is 0.00000113. The van der Waals surface area contributed by atoms with Crippen LogP contribution in [0.3, 0.4) is 0 Å². The van der Waals surface area contributed by atoms with Gasteiger partial charge in [0.2, 0.25) is 0 Å². The average molecular weight is 379 g/mol. The number of fused-ring (bicyclic) bond motifs is 3. The first-order chi connectivity index (χ1) is 11.4. The summed E-state index contributed by atoms with van der Waals surface area (Å²) < 4.78 is 0. The molecule has 25 heavy (non-hydrogen) atoms. The van der Waals surface area contributed by atoms with Crippen molar-refractivity contribution in [1.29, 1.82) is 0 Å². The van der Waals surface area contributed by atoms with Crippen molar-refractivity contribution in [3.63, 3.8) is 0 Å². The summed E-state index contributed by atoms with van der Waals surface area (Å²) in [7, 11) is 0. The van der Waals surface area contributed by atoms with Gasteiger partial charge in [0.15, 0.2) is 0 Å². The van der Waals surface area contributed by atoms with Crippen LogP contribution >= 0.6 is 24.8 Å². The number of benzene rings is 2. The lowest BCUT2D eigenvalue weighted by atomic mass is 9.80. The lowest BCUT2D eigenvalue weighted by Gasteiger charge is -2.47. The van der Waals surface area contributed by atoms with E-state index in [1.54, 1.807) is 11.1 Å². The van der Waals surface area contributed by atoms with E-state index >= 15 is 0 Å². The van der Waals surface area contributed by atoms with Crippen molar-refractivity contribution in [2.45, 2.75) is 25.3 Å². The Morgan fingerprint density at radius 3 is 2.24 bits per heavy atom. The van der Waals surface area contributed by atoms with Gasteiger partial charge in [-0.2, -0.15) is 0 Å². The molecule has 0 radical (unpaired) electrons. The summed E-state index contributed by atoms with van der Waals surface area (Å²) in [4.78, 5) is 5.35. The molecule has 0 aromatic heterocycles. The number of halogens is 2. The predicted molar refractivity (Wildman–Crippen MR) is 110 cm³/mol. The lowest BCUT2D eigenvalue weighted by molar-refractivity contribution is 0.0628. The Bertz CT molecular complexity index is 662. The summed E-state index contributed by atoms with van der Waals surface area (Å²) in [5, 5.41) is 0. The van der Waals surface area contributed by atoms with Gasteiger partial charge in [-0.1, -0.05) is 61.5 Å². The highest BCUT2D eigenvalue weighted by molar-refractivity contribution is 5.85. The summed E-state index contributed by atoms with van der Waals surface area (Å²) in [5.41, 5.74) is 4.54. The van der Waals surface area contributed by atoms with Crippen molar-refractivity contribution >= 4 is 24.8 Å². The number of hydrogen-bond donors (Lipinski definition) is 0. The van der Waals surface area contributed by atoms with Crippen LogP contribution in [0, 0.1) is 0 Å². The minimum atomic E-state index is 0. The molecule has 2 aliphatic rings. The quantitative estimate of drug-likeness (QED) is 0.760. The van der Waals surface area contributed by atoms with E-state index in [2.05, 4.69) is 71.3 Å². The van der Waals surface area contributed by atoms with E-state index in [-0.39, 0.29) is 24.8 Å². The van der Waals surface area contributed by atoms with Gasteiger partial charge in [-0.3, -0.25) is 4.90 Å². The zero-order chi connectivity index (χ0) is 15.6. The minimum absolute atomic E-state index is 0. The van der Waals surface area contributed by atoms with Crippen LogP contribution < -0.4 is 0 Å². The van der Waals surface area contributed by atoms with Gasteiger partial charge in [-0.05, 0) is 29.7 Å². The molecule has 2 aliphatic heterocycles. The number of nitrogens with zero attached hydrogens (tertiary/aromatic N) is 2. The van der Waals surface area contributed by atoms with Crippen LogP contribution in [0.1, 0.15) is 42.0 Å². The van der Waals surface area contributed by atoms with Crippen molar-refractivity contribution in [1.82, 2.24) is 9.80 Å². The molecule has 2 atom stereocenters. The summed E-state index contributed by atoms with van der Waals surface area (Å²) in [6.07, 6.45) is 1.25. The molecule has 2 aromatic rings. The smallest absolute Gasteiger partial charge is 0.0479 e. The van der Waals surface area contributed by atoms with Gasteiger partial charge in [0, 0.05) is 38.1 Å². The Hall–Kier alpha value is -1.06. The zero-order valence-corrected chi connectivity index (χ0v) is 16.4. The molecular formula is C21H28Cl2N2. The Labute approximate surface area is 164 Å². The summed E-state index contributed by atoms with van der Waals surface area (Å²) >= 11 is 0. The monoisotopic (exact) mass is 378 g/mol. The fourth-order valence-corrected chi connectivity index (χ4v) is 4.34. The van der Waals surface area contributed by atoms with E-state index in [1.165, 1.54) is 38.2 Å². The van der Waals surface area contributed by atoms with Crippen molar-refractivity contribution in [2.75, 3.05) is 32.7 Å². The molecule has 0 bridgehead atoms. The van der Waals surface area contributed by atoms with E-state index in [4.69, 9.17) is 0 Å². The predicted octanol–water partition coefficient (Wildman–Crippen LogP) is 4.74. The summed E-state index contributed by atoms with van der Waals surface area (Å²) in [6.45, 7) is 8.27. The molecule has 0 amide bonds. The lowest BCUT2D eigenvalue weighted by Crippen LogP contribution is -2.51.